The van der Waals surface area contributed by atoms with Gasteiger partial charge in [0.25, 0.3) is 0 Å². The van der Waals surface area contributed by atoms with E-state index in [0.717, 1.165) is 18.1 Å². The van der Waals surface area contributed by atoms with E-state index in [4.69, 9.17) is 11.2 Å². The molecule has 0 saturated carbocycles. The number of aliphatic hydroxyl groups excluding tert-OH is 1. The largest absolute Gasteiger partial charge is 0.389 e. The Morgan fingerprint density at radius 1 is 1.50 bits per heavy atom. The first-order valence-electron chi connectivity index (χ1n) is 5.49. The molecule has 0 aromatic rings. The maximum Gasteiger partial charge on any atom is 0.0897 e. The molecule has 0 aliphatic carbocycles. The molecule has 0 aromatic carbocycles. The van der Waals surface area contributed by atoms with E-state index in [2.05, 4.69) is 11.2 Å². The molecule has 0 aliphatic rings. The minimum absolute atomic E-state index is 0.191. The second-order valence-electron chi connectivity index (χ2n) is 4.54. The number of aliphatic hydroxyl groups is 1. The van der Waals surface area contributed by atoms with Crippen molar-refractivity contribution >= 4 is 11.8 Å². The fraction of sp³-hybridized carbons (Fsp3) is 0.833. The number of thioether (sulfide) groups is 1. The molecule has 16 heavy (non-hydrogen) atoms. The maximum absolute atomic E-state index is 9.59. The summed E-state index contributed by atoms with van der Waals surface area (Å²) in [6.07, 6.45) is 4.68. The number of nitrogens with one attached hydrogen (secondary N) is 1. The zero-order valence-corrected chi connectivity index (χ0v) is 11.3. The Balaban J connectivity index is 3.31. The summed E-state index contributed by atoms with van der Waals surface area (Å²) in [4.78, 5) is 0. The summed E-state index contributed by atoms with van der Waals surface area (Å²) in [5.74, 6) is 4.29. The highest BCUT2D eigenvalue weighted by atomic mass is 32.2. The molecule has 0 spiro atoms. The van der Waals surface area contributed by atoms with Gasteiger partial charge in [-0.2, -0.15) is 0 Å². The molecule has 0 fully saturated rings. The number of rotatable bonds is 8. The van der Waals surface area contributed by atoms with Gasteiger partial charge in [0.1, 0.15) is 0 Å². The fourth-order valence-electron chi connectivity index (χ4n) is 0.949. The third-order valence-corrected chi connectivity index (χ3v) is 2.56. The van der Waals surface area contributed by atoms with Crippen molar-refractivity contribution in [1.82, 2.24) is 5.32 Å². The van der Waals surface area contributed by atoms with Crippen LogP contribution in [0.3, 0.4) is 0 Å². The Morgan fingerprint density at radius 2 is 2.19 bits per heavy atom. The zero-order valence-electron chi connectivity index (χ0n) is 10.5. The molecule has 0 bridgehead atoms. The molecule has 0 aromatic heterocycles. The fourth-order valence-corrected chi connectivity index (χ4v) is 1.50. The normalized spacial score (nSPS) is 13.4. The monoisotopic (exact) mass is 245 g/mol. The van der Waals surface area contributed by atoms with Crippen LogP contribution in [0.1, 0.15) is 20.8 Å². The number of hydrogen-bond acceptors (Lipinski definition) is 4. The van der Waals surface area contributed by atoms with E-state index < -0.39 is 6.10 Å². The van der Waals surface area contributed by atoms with Crippen LogP contribution in [-0.4, -0.2) is 48.0 Å². The van der Waals surface area contributed by atoms with Crippen LogP contribution in [0.25, 0.3) is 0 Å². The number of terminal acetylenes is 1. The predicted octanol–water partition coefficient (Wildman–Crippen LogP) is 1.12. The van der Waals surface area contributed by atoms with Gasteiger partial charge in [0.2, 0.25) is 0 Å². The molecule has 1 atom stereocenters. The second kappa shape index (κ2) is 8.89. The lowest BCUT2D eigenvalue weighted by molar-refractivity contribution is -0.0477. The second-order valence-corrected chi connectivity index (χ2v) is 5.64. The van der Waals surface area contributed by atoms with Gasteiger partial charge in [-0.3, -0.25) is 0 Å². The van der Waals surface area contributed by atoms with Crippen LogP contribution in [0.15, 0.2) is 0 Å². The molecule has 3 nitrogen and oxygen atoms in total. The Bertz CT molecular complexity index is 208. The van der Waals surface area contributed by atoms with E-state index >= 15 is 0 Å². The lowest BCUT2D eigenvalue weighted by atomic mass is 10.2. The minimum atomic E-state index is -0.447. The molecular formula is C12H23NO2S. The highest BCUT2D eigenvalue weighted by Gasteiger charge is 2.12. The van der Waals surface area contributed by atoms with E-state index in [9.17, 15) is 5.11 Å². The van der Waals surface area contributed by atoms with Crippen LogP contribution in [0.5, 0.6) is 0 Å². The average Bonchev–Trinajstić information content (AvgIpc) is 2.19. The van der Waals surface area contributed by atoms with Crippen LogP contribution < -0.4 is 5.32 Å². The SMILES string of the molecule is C#CCSCCNCC(O)COC(C)(C)C. The molecule has 0 amide bonds. The van der Waals surface area contributed by atoms with Crippen LogP contribution in [0.4, 0.5) is 0 Å². The standard InChI is InChI=1S/C12H23NO2S/c1-5-7-16-8-6-13-9-11(14)10-15-12(2,3)4/h1,11,13-14H,6-10H2,2-4H3. The Hall–Kier alpha value is -0.210. The smallest absolute Gasteiger partial charge is 0.0897 e. The summed E-state index contributed by atoms with van der Waals surface area (Å²) in [5, 5.41) is 12.7. The van der Waals surface area contributed by atoms with Gasteiger partial charge in [-0.05, 0) is 20.8 Å². The molecule has 4 heteroatoms. The van der Waals surface area contributed by atoms with Crippen molar-refractivity contribution in [2.75, 3.05) is 31.2 Å². The van der Waals surface area contributed by atoms with Crippen molar-refractivity contribution in [3.63, 3.8) is 0 Å². The summed E-state index contributed by atoms with van der Waals surface area (Å²) in [5.41, 5.74) is -0.191. The molecule has 0 aliphatic heterocycles. The summed E-state index contributed by atoms with van der Waals surface area (Å²) < 4.78 is 5.46. The van der Waals surface area contributed by atoms with Crippen LogP contribution in [0, 0.1) is 12.3 Å². The summed E-state index contributed by atoms with van der Waals surface area (Å²) in [6.45, 7) is 7.72. The zero-order chi connectivity index (χ0) is 12.4. The van der Waals surface area contributed by atoms with Crippen LogP contribution in [-0.2, 0) is 4.74 Å². The Morgan fingerprint density at radius 3 is 2.75 bits per heavy atom. The van der Waals surface area contributed by atoms with Crippen LogP contribution in [0.2, 0.25) is 0 Å². The van der Waals surface area contributed by atoms with Crippen molar-refractivity contribution in [3.05, 3.63) is 0 Å². The third-order valence-electron chi connectivity index (χ3n) is 1.70. The molecule has 0 heterocycles. The highest BCUT2D eigenvalue weighted by molar-refractivity contribution is 7.99. The summed E-state index contributed by atoms with van der Waals surface area (Å²) >= 11 is 1.71. The molecule has 94 valence electrons. The van der Waals surface area contributed by atoms with E-state index in [-0.39, 0.29) is 5.60 Å². The minimum Gasteiger partial charge on any atom is -0.389 e. The van der Waals surface area contributed by atoms with E-state index in [1.54, 1.807) is 11.8 Å². The van der Waals surface area contributed by atoms with E-state index in [0.29, 0.717) is 13.2 Å². The summed E-state index contributed by atoms with van der Waals surface area (Å²) in [7, 11) is 0. The van der Waals surface area contributed by atoms with E-state index in [1.165, 1.54) is 0 Å². The molecule has 0 radical (unpaired) electrons. The van der Waals surface area contributed by atoms with Gasteiger partial charge < -0.3 is 15.2 Å². The topological polar surface area (TPSA) is 41.5 Å². The molecule has 0 saturated heterocycles. The molecular weight excluding hydrogens is 222 g/mol. The first-order valence-corrected chi connectivity index (χ1v) is 6.65. The van der Waals surface area contributed by atoms with E-state index in [1.807, 2.05) is 20.8 Å². The third kappa shape index (κ3) is 11.9. The highest BCUT2D eigenvalue weighted by Crippen LogP contribution is 2.06. The van der Waals surface area contributed by atoms with Gasteiger partial charge in [0.05, 0.1) is 24.1 Å². The maximum atomic E-state index is 9.59. The van der Waals surface area contributed by atoms with Gasteiger partial charge in [0.15, 0.2) is 0 Å². The number of ether oxygens (including phenoxy) is 1. The molecule has 1 unspecified atom stereocenters. The van der Waals surface area contributed by atoms with Crippen molar-refractivity contribution in [3.8, 4) is 12.3 Å². The van der Waals surface area contributed by atoms with Crippen molar-refractivity contribution in [1.29, 1.82) is 0 Å². The van der Waals surface area contributed by atoms with Gasteiger partial charge in [-0.15, -0.1) is 18.2 Å². The van der Waals surface area contributed by atoms with Gasteiger partial charge >= 0.3 is 0 Å². The lowest BCUT2D eigenvalue weighted by Crippen LogP contribution is -2.34. The first-order chi connectivity index (χ1) is 7.45. The number of hydrogen-bond donors (Lipinski definition) is 2. The summed E-state index contributed by atoms with van der Waals surface area (Å²) in [6, 6.07) is 0. The van der Waals surface area contributed by atoms with Crippen molar-refractivity contribution < 1.29 is 9.84 Å². The van der Waals surface area contributed by atoms with Crippen molar-refractivity contribution in [2.45, 2.75) is 32.5 Å². The van der Waals surface area contributed by atoms with Crippen LogP contribution >= 0.6 is 11.8 Å². The predicted molar refractivity (Wildman–Crippen MR) is 70.7 cm³/mol. The first kappa shape index (κ1) is 15.8. The van der Waals surface area contributed by atoms with Gasteiger partial charge in [-0.1, -0.05) is 5.92 Å². The lowest BCUT2D eigenvalue weighted by Gasteiger charge is -2.22. The van der Waals surface area contributed by atoms with Gasteiger partial charge in [0, 0.05) is 18.8 Å². The van der Waals surface area contributed by atoms with Gasteiger partial charge in [-0.25, -0.2) is 0 Å². The quantitative estimate of drug-likeness (QED) is 0.497. The molecule has 2 N–H and O–H groups in total. The molecule has 0 rings (SSSR count). The Kier molecular flexibility index (Phi) is 8.77. The average molecular weight is 245 g/mol. The Labute approximate surface area is 103 Å². The van der Waals surface area contributed by atoms with Crippen molar-refractivity contribution in [2.24, 2.45) is 0 Å².